The van der Waals surface area contributed by atoms with Crippen molar-refractivity contribution in [3.63, 3.8) is 0 Å². The molecule has 0 amide bonds. The molecule has 10 nitrogen and oxygen atoms in total. The van der Waals surface area contributed by atoms with Gasteiger partial charge in [-0.1, -0.05) is 18.2 Å². The molecule has 2 heterocycles. The van der Waals surface area contributed by atoms with E-state index in [1.165, 1.54) is 52.0 Å². The van der Waals surface area contributed by atoms with Gasteiger partial charge in [0.15, 0.2) is 0 Å². The van der Waals surface area contributed by atoms with Gasteiger partial charge in [-0.2, -0.15) is 0 Å². The van der Waals surface area contributed by atoms with E-state index >= 15 is 0 Å². The van der Waals surface area contributed by atoms with Gasteiger partial charge >= 0.3 is 11.9 Å². The highest BCUT2D eigenvalue weighted by Gasteiger charge is 2.26. The maximum atomic E-state index is 12.7. The lowest BCUT2D eigenvalue weighted by Gasteiger charge is -2.22. The molecule has 4 aromatic rings. The number of hydrogen-bond acceptors (Lipinski definition) is 5. The van der Waals surface area contributed by atoms with E-state index in [4.69, 9.17) is 5.11 Å². The average molecular weight is 524 g/mol. The first-order valence-electron chi connectivity index (χ1n) is 11.4. The van der Waals surface area contributed by atoms with Crippen molar-refractivity contribution in [1.82, 2.24) is 13.9 Å². The van der Waals surface area contributed by atoms with Gasteiger partial charge in [0.1, 0.15) is 16.9 Å². The highest BCUT2D eigenvalue weighted by atomic mass is 19.1. The summed E-state index contributed by atoms with van der Waals surface area (Å²) in [5, 5.41) is 28.1. The van der Waals surface area contributed by atoms with E-state index in [0.29, 0.717) is 17.1 Å². The second-order valence-corrected chi connectivity index (χ2v) is 8.97. The van der Waals surface area contributed by atoms with Crippen LogP contribution in [0.2, 0.25) is 0 Å². The summed E-state index contributed by atoms with van der Waals surface area (Å²) in [5.41, 5.74) is -1.63. The van der Waals surface area contributed by atoms with E-state index in [1.807, 2.05) is 6.07 Å². The predicted molar refractivity (Wildman–Crippen MR) is 137 cm³/mol. The van der Waals surface area contributed by atoms with Crippen molar-refractivity contribution < 1.29 is 29.3 Å². The van der Waals surface area contributed by atoms with Crippen LogP contribution in [0.4, 0.5) is 4.39 Å². The second-order valence-electron chi connectivity index (χ2n) is 8.97. The van der Waals surface area contributed by atoms with Gasteiger partial charge in [0.25, 0.3) is 11.1 Å². The van der Waals surface area contributed by atoms with Gasteiger partial charge in [-0.25, -0.2) is 18.7 Å². The number of pyridine rings is 1. The van der Waals surface area contributed by atoms with Crippen molar-refractivity contribution in [2.75, 3.05) is 0 Å². The number of hydrogen-bond donors (Lipinski definition) is 3. The Labute approximate surface area is 216 Å². The average Bonchev–Trinajstić information content (AvgIpc) is 3.08. The smallest absolute Gasteiger partial charge is 0.343 e. The van der Waals surface area contributed by atoms with Crippen LogP contribution in [0, 0.1) is 12.7 Å². The third kappa shape index (κ3) is 6.13. The molecular weight excluding hydrogens is 497 g/mol. The molecule has 0 bridgehead atoms. The number of aliphatic hydroxyl groups is 1. The summed E-state index contributed by atoms with van der Waals surface area (Å²) in [6.07, 6.45) is 1.43. The lowest BCUT2D eigenvalue weighted by atomic mass is 10.1. The van der Waals surface area contributed by atoms with Crippen molar-refractivity contribution in [2.24, 2.45) is 0 Å². The minimum Gasteiger partial charge on any atom is -0.477 e. The van der Waals surface area contributed by atoms with Crippen LogP contribution in [0.25, 0.3) is 11.4 Å². The Morgan fingerprint density at radius 3 is 1.97 bits per heavy atom. The standard InChI is InChI=1S/C15H18N2O4.C12H8FNO3/c1-10-12(14(19)20)13(18)17(11-7-5-4-6-8-11)16(10)9-15(2,3)21;13-8-3-5-9(6-4-8)14-7-1-2-10(11(14)15)12(16)17/h4-8,21H,9H2,1-3H3,(H,19,20);1-7H,(H,16,17). The Kier molecular flexibility index (Phi) is 8.12. The molecule has 0 aliphatic heterocycles. The molecule has 3 N–H and O–H groups in total. The summed E-state index contributed by atoms with van der Waals surface area (Å²) in [7, 11) is 0. The second kappa shape index (κ2) is 11.1. The molecule has 0 aliphatic rings. The lowest BCUT2D eigenvalue weighted by molar-refractivity contribution is 0.0543. The van der Waals surface area contributed by atoms with Crippen LogP contribution < -0.4 is 11.1 Å². The van der Waals surface area contributed by atoms with Crippen molar-refractivity contribution >= 4 is 11.9 Å². The van der Waals surface area contributed by atoms with Gasteiger partial charge in [0.05, 0.1) is 23.5 Å². The Morgan fingerprint density at radius 2 is 1.45 bits per heavy atom. The largest absolute Gasteiger partial charge is 0.477 e. The van der Waals surface area contributed by atoms with Crippen LogP contribution >= 0.6 is 0 Å². The van der Waals surface area contributed by atoms with E-state index < -0.39 is 34.5 Å². The number of aromatic carboxylic acids is 2. The number of carboxylic acid groups (broad SMARTS) is 2. The number of carbonyl (C=O) groups is 2. The third-order valence-corrected chi connectivity index (χ3v) is 5.43. The summed E-state index contributed by atoms with van der Waals surface area (Å²) in [4.78, 5) is 46.3. The monoisotopic (exact) mass is 523 g/mol. The Balaban J connectivity index is 0.000000215. The normalized spacial score (nSPS) is 11.0. The summed E-state index contributed by atoms with van der Waals surface area (Å²) in [5.74, 6) is -2.97. The maximum Gasteiger partial charge on any atom is 0.343 e. The van der Waals surface area contributed by atoms with Gasteiger partial charge < -0.3 is 15.3 Å². The first-order chi connectivity index (χ1) is 17.8. The molecule has 198 valence electrons. The van der Waals surface area contributed by atoms with Gasteiger partial charge in [-0.15, -0.1) is 0 Å². The highest BCUT2D eigenvalue weighted by Crippen LogP contribution is 2.15. The first kappa shape index (κ1) is 27.8. The molecule has 0 radical (unpaired) electrons. The van der Waals surface area contributed by atoms with Crippen molar-refractivity contribution in [2.45, 2.75) is 32.9 Å². The minimum absolute atomic E-state index is 0.107. The van der Waals surface area contributed by atoms with E-state index in [2.05, 4.69) is 0 Å². The van der Waals surface area contributed by atoms with E-state index in [-0.39, 0.29) is 17.7 Å². The summed E-state index contributed by atoms with van der Waals surface area (Å²) >= 11 is 0. The van der Waals surface area contributed by atoms with E-state index in [9.17, 15) is 33.8 Å². The molecular formula is C27H26FN3O7. The summed E-state index contributed by atoms with van der Waals surface area (Å²) in [6, 6.07) is 16.7. The fourth-order valence-electron chi connectivity index (χ4n) is 3.74. The number of aromatic nitrogens is 3. The van der Waals surface area contributed by atoms with Gasteiger partial charge in [-0.3, -0.25) is 18.8 Å². The van der Waals surface area contributed by atoms with Crippen LogP contribution in [-0.4, -0.2) is 46.8 Å². The Bertz CT molecular complexity index is 1580. The fraction of sp³-hybridized carbons (Fsp3) is 0.185. The van der Waals surface area contributed by atoms with Crippen LogP contribution in [0.15, 0.2) is 82.5 Å². The zero-order valence-electron chi connectivity index (χ0n) is 20.8. The van der Waals surface area contributed by atoms with Crippen LogP contribution in [0.1, 0.15) is 40.3 Å². The highest BCUT2D eigenvalue weighted by molar-refractivity contribution is 5.88. The first-order valence-corrected chi connectivity index (χ1v) is 11.4. The molecule has 2 aromatic carbocycles. The van der Waals surface area contributed by atoms with E-state index in [0.717, 1.165) is 4.57 Å². The maximum absolute atomic E-state index is 12.7. The lowest BCUT2D eigenvalue weighted by Crippen LogP contribution is -2.32. The number of benzene rings is 2. The number of rotatable bonds is 6. The molecule has 11 heteroatoms. The molecule has 0 aliphatic carbocycles. The molecule has 0 atom stereocenters. The molecule has 0 unspecified atom stereocenters. The van der Waals surface area contributed by atoms with Crippen molar-refractivity contribution in [3.05, 3.63) is 116 Å². The van der Waals surface area contributed by atoms with Crippen LogP contribution in [0.3, 0.4) is 0 Å². The molecule has 0 spiro atoms. The zero-order chi connectivity index (χ0) is 28.2. The number of carboxylic acids is 2. The van der Waals surface area contributed by atoms with Crippen LogP contribution in [0.5, 0.6) is 0 Å². The molecule has 0 saturated heterocycles. The Hall–Kier alpha value is -4.77. The number of halogens is 1. The molecule has 2 aromatic heterocycles. The third-order valence-electron chi connectivity index (χ3n) is 5.43. The summed E-state index contributed by atoms with van der Waals surface area (Å²) < 4.78 is 16.7. The van der Waals surface area contributed by atoms with Gasteiger partial charge in [0, 0.05) is 11.9 Å². The fourth-order valence-corrected chi connectivity index (χ4v) is 3.74. The molecule has 0 saturated carbocycles. The van der Waals surface area contributed by atoms with Crippen molar-refractivity contribution in [1.29, 1.82) is 0 Å². The predicted octanol–water partition coefficient (Wildman–Crippen LogP) is 3.09. The minimum atomic E-state index is -1.29. The van der Waals surface area contributed by atoms with Gasteiger partial charge in [-0.05, 0) is 69.3 Å². The quantitative estimate of drug-likeness (QED) is 0.352. The molecule has 38 heavy (non-hydrogen) atoms. The number of nitrogens with zero attached hydrogens (tertiary/aromatic N) is 3. The SMILES string of the molecule is Cc1c(C(=O)O)c(=O)n(-c2ccccc2)n1CC(C)(C)O.O=C(O)c1cccn(-c2ccc(F)cc2)c1=O. The van der Waals surface area contributed by atoms with Crippen molar-refractivity contribution in [3.8, 4) is 11.4 Å². The Morgan fingerprint density at radius 1 is 0.842 bits per heavy atom. The zero-order valence-corrected chi connectivity index (χ0v) is 20.8. The van der Waals surface area contributed by atoms with Gasteiger partial charge in [0.2, 0.25) is 0 Å². The molecule has 0 fully saturated rings. The van der Waals surface area contributed by atoms with E-state index in [1.54, 1.807) is 45.0 Å². The van der Waals surface area contributed by atoms with Crippen LogP contribution in [-0.2, 0) is 6.54 Å². The molecule has 4 rings (SSSR count). The number of para-hydroxylation sites is 1. The summed E-state index contributed by atoms with van der Waals surface area (Å²) in [6.45, 7) is 4.88. The topological polar surface area (TPSA) is 144 Å².